The van der Waals surface area contributed by atoms with E-state index in [0.717, 1.165) is 133 Å². The molecule has 0 bridgehead atoms. The van der Waals surface area contributed by atoms with E-state index in [1.165, 1.54) is 12.1 Å². The molecule has 10 aromatic carbocycles. The highest BCUT2D eigenvalue weighted by molar-refractivity contribution is 6.13. The summed E-state index contributed by atoms with van der Waals surface area (Å²) in [6.07, 6.45) is -4.68. The van der Waals surface area contributed by atoms with Gasteiger partial charge in [0.15, 0.2) is 0 Å². The van der Waals surface area contributed by atoms with Crippen molar-refractivity contribution in [1.29, 1.82) is 5.26 Å². The lowest BCUT2D eigenvalue weighted by Crippen LogP contribution is -2.10. The van der Waals surface area contributed by atoms with E-state index < -0.39 is 11.7 Å². The molecule has 0 amide bonds. The van der Waals surface area contributed by atoms with Gasteiger partial charge < -0.3 is 9.13 Å². The van der Waals surface area contributed by atoms with Gasteiger partial charge in [0.05, 0.1) is 39.0 Å². The molecule has 0 aliphatic heterocycles. The van der Waals surface area contributed by atoms with Gasteiger partial charge in [-0.2, -0.15) is 18.4 Å². The van der Waals surface area contributed by atoms with E-state index in [2.05, 4.69) is 216 Å². The second-order valence-corrected chi connectivity index (χ2v) is 21.6. The molecule has 12 rings (SSSR count). The van der Waals surface area contributed by atoms with Crippen LogP contribution in [0.25, 0.3) is 111 Å². The molecule has 0 unspecified atom stereocenters. The number of aromatic nitrogens is 2. The van der Waals surface area contributed by atoms with Gasteiger partial charge in [0.2, 0.25) is 0 Å². The predicted octanol–water partition coefficient (Wildman–Crippen LogP) is 19.9. The summed E-state index contributed by atoms with van der Waals surface area (Å²) in [5.74, 6) is 0. The lowest BCUT2D eigenvalue weighted by molar-refractivity contribution is -0.137. The topological polar surface area (TPSA) is 33.6 Å². The second kappa shape index (κ2) is 18.4. The van der Waals surface area contributed by atoms with Crippen LogP contribution in [0.2, 0.25) is 0 Å². The van der Waals surface area contributed by atoms with Crippen LogP contribution in [0, 0.1) is 73.6 Å². The second-order valence-electron chi connectivity index (χ2n) is 21.6. The highest BCUT2D eigenvalue weighted by Gasteiger charge is 2.35. The first-order valence-electron chi connectivity index (χ1n) is 26.2. The Bertz CT molecular complexity index is 3950. The molecule has 3 nitrogen and oxygen atoms in total. The van der Waals surface area contributed by atoms with Gasteiger partial charge in [0, 0.05) is 21.5 Å². The van der Waals surface area contributed by atoms with Crippen LogP contribution in [0.5, 0.6) is 0 Å². The highest BCUT2D eigenvalue weighted by Crippen LogP contribution is 2.46. The summed E-state index contributed by atoms with van der Waals surface area (Å²) in [7, 11) is 0. The molecule has 2 heterocycles. The van der Waals surface area contributed by atoms with E-state index in [4.69, 9.17) is 0 Å². The van der Waals surface area contributed by atoms with Crippen LogP contribution in [0.15, 0.2) is 176 Å². The van der Waals surface area contributed by atoms with Crippen LogP contribution in [-0.2, 0) is 6.18 Å². The van der Waals surface area contributed by atoms with Gasteiger partial charge in [0.25, 0.3) is 0 Å². The lowest BCUT2D eigenvalue weighted by atomic mass is 9.92. The molecule has 0 atom stereocenters. The summed E-state index contributed by atoms with van der Waals surface area (Å²) in [5.41, 5.74) is 21.9. The standard InChI is InChI=1S/C71H56F3N3/c1-40-21-41(2)26-53(25-40)49-13-17-58-59-18-14-50(54-27-42(3)22-43(4)28-54)34-65(59)76(64(58)33-49)68-37-57(70-48(9)11-10-12-63(70)71(72,73)74)38-69(62(68)39-75)77-66-35-51(55-29-44(5)23-45(6)30-55)15-19-60(66)61-20-16-52(36-67(61)77)56-31-46(7)24-47(8)32-56/h10-38H,1-9H3. The van der Waals surface area contributed by atoms with Crippen LogP contribution in [0.3, 0.4) is 0 Å². The molecular formula is C71H56F3N3. The monoisotopic (exact) mass is 1010 g/mol. The zero-order valence-electron chi connectivity index (χ0n) is 44.7. The first-order chi connectivity index (χ1) is 36.9. The molecule has 12 aromatic rings. The third kappa shape index (κ3) is 8.66. The molecule has 0 spiro atoms. The van der Waals surface area contributed by atoms with Crippen molar-refractivity contribution in [1.82, 2.24) is 9.13 Å². The molecule has 0 saturated heterocycles. The van der Waals surface area contributed by atoms with Crippen molar-refractivity contribution in [3.05, 3.63) is 237 Å². The van der Waals surface area contributed by atoms with Crippen LogP contribution >= 0.6 is 0 Å². The van der Waals surface area contributed by atoms with Crippen LogP contribution in [-0.4, -0.2) is 9.13 Å². The number of alkyl halides is 3. The third-order valence-corrected chi connectivity index (χ3v) is 15.3. The zero-order valence-corrected chi connectivity index (χ0v) is 44.7. The maximum Gasteiger partial charge on any atom is 0.417 e. The van der Waals surface area contributed by atoms with Gasteiger partial charge in [-0.05, 0) is 166 Å². The van der Waals surface area contributed by atoms with E-state index in [9.17, 15) is 5.26 Å². The van der Waals surface area contributed by atoms with Crippen molar-refractivity contribution in [2.45, 2.75) is 68.5 Å². The minimum Gasteiger partial charge on any atom is -0.308 e. The van der Waals surface area contributed by atoms with Crippen molar-refractivity contribution >= 4 is 43.6 Å². The van der Waals surface area contributed by atoms with Crippen molar-refractivity contribution in [3.8, 4) is 73.1 Å². The third-order valence-electron chi connectivity index (χ3n) is 15.3. The van der Waals surface area contributed by atoms with Crippen molar-refractivity contribution in [2.24, 2.45) is 0 Å². The Hall–Kier alpha value is -8.92. The number of hydrogen-bond donors (Lipinski definition) is 0. The largest absolute Gasteiger partial charge is 0.417 e. The Morgan fingerprint density at radius 1 is 0.338 bits per heavy atom. The summed E-state index contributed by atoms with van der Waals surface area (Å²) >= 11 is 0. The molecule has 0 radical (unpaired) electrons. The fourth-order valence-corrected chi connectivity index (χ4v) is 12.4. The van der Waals surface area contributed by atoms with Crippen molar-refractivity contribution < 1.29 is 13.2 Å². The normalized spacial score (nSPS) is 11.9. The van der Waals surface area contributed by atoms with E-state index in [1.807, 2.05) is 12.1 Å². The summed E-state index contributed by atoms with van der Waals surface area (Å²) in [5, 5.41) is 15.9. The minimum atomic E-state index is -4.68. The Morgan fingerprint density at radius 2 is 0.636 bits per heavy atom. The fourth-order valence-electron chi connectivity index (χ4n) is 12.4. The van der Waals surface area contributed by atoms with E-state index in [0.29, 0.717) is 28.1 Å². The van der Waals surface area contributed by atoms with Gasteiger partial charge in [-0.15, -0.1) is 0 Å². The molecule has 77 heavy (non-hydrogen) atoms. The lowest BCUT2D eigenvalue weighted by Gasteiger charge is -2.21. The van der Waals surface area contributed by atoms with Crippen LogP contribution < -0.4 is 0 Å². The van der Waals surface area contributed by atoms with E-state index in [1.54, 1.807) is 13.0 Å². The quantitative estimate of drug-likeness (QED) is 0.157. The molecule has 0 saturated carbocycles. The smallest absolute Gasteiger partial charge is 0.308 e. The van der Waals surface area contributed by atoms with Crippen LogP contribution in [0.1, 0.15) is 61.2 Å². The SMILES string of the molecule is Cc1cc(C)cc(-c2ccc3c4ccc(-c5cc(C)cc(C)c5)cc4n(-c4cc(-c5c(C)cccc5C(F)(F)F)cc(-n5c6cc(-c7cc(C)cc(C)c7)ccc6c6ccc(-c7cc(C)cc(C)c7)cc65)c4C#N)c3c2)c1. The van der Waals surface area contributed by atoms with E-state index >= 15 is 13.2 Å². The molecule has 6 heteroatoms. The number of halogens is 3. The maximum atomic E-state index is 15.6. The maximum absolute atomic E-state index is 15.6. The summed E-state index contributed by atoms with van der Waals surface area (Å²) < 4.78 is 51.2. The Kier molecular flexibility index (Phi) is 11.7. The summed E-state index contributed by atoms with van der Waals surface area (Å²) in [4.78, 5) is 0. The first kappa shape index (κ1) is 49.0. The van der Waals surface area contributed by atoms with Gasteiger partial charge in [-0.25, -0.2) is 0 Å². The van der Waals surface area contributed by atoms with Gasteiger partial charge in [-0.3, -0.25) is 0 Å². The Morgan fingerprint density at radius 3 is 0.909 bits per heavy atom. The summed E-state index contributed by atoms with van der Waals surface area (Å²) in [6.45, 7) is 18.5. The van der Waals surface area contributed by atoms with Crippen molar-refractivity contribution in [3.63, 3.8) is 0 Å². The fraction of sp³-hybridized carbons (Fsp3) is 0.141. The van der Waals surface area contributed by atoms with E-state index in [-0.39, 0.29) is 5.56 Å². The summed E-state index contributed by atoms with van der Waals surface area (Å²) in [6, 6.07) is 62.7. The number of benzene rings is 10. The molecular weight excluding hydrogens is 952 g/mol. The van der Waals surface area contributed by atoms with Crippen LogP contribution in [0.4, 0.5) is 13.2 Å². The molecule has 0 fully saturated rings. The molecule has 2 aromatic heterocycles. The number of fused-ring (bicyclic) bond motifs is 6. The zero-order chi connectivity index (χ0) is 53.8. The molecule has 0 aliphatic rings. The predicted molar refractivity (Wildman–Crippen MR) is 315 cm³/mol. The number of rotatable bonds is 7. The molecule has 0 N–H and O–H groups in total. The average molecular weight is 1010 g/mol. The number of nitriles is 1. The van der Waals surface area contributed by atoms with Gasteiger partial charge in [-0.1, -0.05) is 178 Å². The first-order valence-corrected chi connectivity index (χ1v) is 26.2. The molecule has 376 valence electrons. The Labute approximate surface area is 447 Å². The Balaban J connectivity index is 1.27. The number of nitrogens with zero attached hydrogens (tertiary/aromatic N) is 3. The number of hydrogen-bond acceptors (Lipinski definition) is 1. The molecule has 0 aliphatic carbocycles. The van der Waals surface area contributed by atoms with Gasteiger partial charge in [0.1, 0.15) is 11.6 Å². The van der Waals surface area contributed by atoms with Crippen molar-refractivity contribution in [2.75, 3.05) is 0 Å². The number of aryl methyl sites for hydroxylation is 9. The van der Waals surface area contributed by atoms with Gasteiger partial charge >= 0.3 is 6.18 Å². The average Bonchev–Trinajstić information content (AvgIpc) is 4.03. The minimum absolute atomic E-state index is 0.0622. The highest BCUT2D eigenvalue weighted by atomic mass is 19.4.